The van der Waals surface area contributed by atoms with Crippen molar-refractivity contribution in [2.45, 2.75) is 18.8 Å². The molecule has 122 valence electrons. The molecule has 1 fully saturated rings. The van der Waals surface area contributed by atoms with E-state index in [1.54, 1.807) is 28.4 Å². The number of hydrogen-bond acceptors (Lipinski definition) is 4. The lowest BCUT2D eigenvalue weighted by Crippen LogP contribution is -2.40. The molecule has 1 atom stereocenters. The van der Waals surface area contributed by atoms with Crippen molar-refractivity contribution in [3.8, 4) is 5.75 Å². The first-order valence-corrected chi connectivity index (χ1v) is 8.98. The van der Waals surface area contributed by atoms with Gasteiger partial charge < -0.3 is 9.64 Å². The van der Waals surface area contributed by atoms with E-state index in [1.807, 2.05) is 36.4 Å². The van der Waals surface area contributed by atoms with Crippen molar-refractivity contribution >= 4 is 27.6 Å². The van der Waals surface area contributed by atoms with Crippen molar-refractivity contribution in [1.82, 2.24) is 9.88 Å². The molecule has 5 heteroatoms. The molecule has 0 saturated carbocycles. The number of benzene rings is 2. The van der Waals surface area contributed by atoms with Crippen LogP contribution in [0.5, 0.6) is 5.75 Å². The number of ether oxygens (including phenoxy) is 1. The number of aromatic nitrogens is 1. The van der Waals surface area contributed by atoms with Crippen LogP contribution in [0.15, 0.2) is 54.6 Å². The summed E-state index contributed by atoms with van der Waals surface area (Å²) in [5.41, 5.74) is 1.04. The van der Waals surface area contributed by atoms with Gasteiger partial charge in [0, 0.05) is 19.0 Å². The second-order valence-corrected chi connectivity index (χ2v) is 7.05. The van der Waals surface area contributed by atoms with Crippen molar-refractivity contribution in [1.29, 1.82) is 0 Å². The SMILES string of the molecule is O=C(Oc1ccccc1)N1CCC[C@@H](c2nc3ccccc3s2)C1. The number of fused-ring (bicyclic) bond motifs is 1. The number of para-hydroxylation sites is 2. The summed E-state index contributed by atoms with van der Waals surface area (Å²) < 4.78 is 6.67. The van der Waals surface area contributed by atoms with E-state index in [9.17, 15) is 4.79 Å². The van der Waals surface area contributed by atoms with Crippen LogP contribution in [0.2, 0.25) is 0 Å². The van der Waals surface area contributed by atoms with Crippen molar-refractivity contribution in [3.63, 3.8) is 0 Å². The first kappa shape index (κ1) is 15.1. The average molecular weight is 338 g/mol. The second kappa shape index (κ2) is 6.61. The summed E-state index contributed by atoms with van der Waals surface area (Å²) in [7, 11) is 0. The monoisotopic (exact) mass is 338 g/mol. The smallest absolute Gasteiger partial charge is 0.410 e. The molecule has 1 saturated heterocycles. The summed E-state index contributed by atoms with van der Waals surface area (Å²) in [6.07, 6.45) is 1.77. The number of thiazole rings is 1. The number of rotatable bonds is 2. The minimum Gasteiger partial charge on any atom is -0.410 e. The van der Waals surface area contributed by atoms with Gasteiger partial charge in [0.1, 0.15) is 5.75 Å². The van der Waals surface area contributed by atoms with Gasteiger partial charge in [-0.2, -0.15) is 0 Å². The van der Waals surface area contributed by atoms with E-state index in [0.717, 1.165) is 29.9 Å². The van der Waals surface area contributed by atoms with E-state index in [0.29, 0.717) is 18.2 Å². The minimum absolute atomic E-state index is 0.271. The van der Waals surface area contributed by atoms with Crippen molar-refractivity contribution in [3.05, 3.63) is 59.6 Å². The lowest BCUT2D eigenvalue weighted by molar-refractivity contribution is 0.137. The third-order valence-electron chi connectivity index (χ3n) is 4.29. The highest BCUT2D eigenvalue weighted by molar-refractivity contribution is 7.18. The molecule has 1 aliphatic rings. The minimum atomic E-state index is -0.271. The number of carbonyl (C=O) groups excluding carboxylic acids is 1. The van der Waals surface area contributed by atoms with Gasteiger partial charge in [-0.15, -0.1) is 11.3 Å². The first-order chi connectivity index (χ1) is 11.8. The Kier molecular flexibility index (Phi) is 4.17. The fourth-order valence-corrected chi connectivity index (χ4v) is 4.16. The number of nitrogens with zero attached hydrogens (tertiary/aromatic N) is 2. The summed E-state index contributed by atoms with van der Waals surface area (Å²) in [5, 5.41) is 1.12. The van der Waals surface area contributed by atoms with Gasteiger partial charge in [-0.25, -0.2) is 9.78 Å². The maximum atomic E-state index is 12.4. The van der Waals surface area contributed by atoms with Crippen LogP contribution in [-0.2, 0) is 0 Å². The zero-order valence-corrected chi connectivity index (χ0v) is 14.0. The van der Waals surface area contributed by atoms with Crippen molar-refractivity contribution in [2.75, 3.05) is 13.1 Å². The highest BCUT2D eigenvalue weighted by atomic mass is 32.1. The molecule has 1 aromatic heterocycles. The summed E-state index contributed by atoms with van der Waals surface area (Å²) in [6, 6.07) is 17.4. The van der Waals surface area contributed by atoms with Gasteiger partial charge in [0.15, 0.2) is 0 Å². The molecule has 24 heavy (non-hydrogen) atoms. The van der Waals surface area contributed by atoms with Crippen LogP contribution in [0.1, 0.15) is 23.8 Å². The van der Waals surface area contributed by atoms with E-state index < -0.39 is 0 Å². The third kappa shape index (κ3) is 3.12. The van der Waals surface area contributed by atoms with Crippen LogP contribution < -0.4 is 4.74 Å². The van der Waals surface area contributed by atoms with Crippen LogP contribution in [0.25, 0.3) is 10.2 Å². The van der Waals surface area contributed by atoms with Gasteiger partial charge in [0.2, 0.25) is 0 Å². The maximum Gasteiger partial charge on any atom is 0.415 e. The molecule has 4 nitrogen and oxygen atoms in total. The zero-order valence-electron chi connectivity index (χ0n) is 13.2. The molecule has 3 aromatic rings. The van der Waals surface area contributed by atoms with Crippen LogP contribution in [0.4, 0.5) is 4.79 Å². The molecule has 1 aliphatic heterocycles. The average Bonchev–Trinajstić information content (AvgIpc) is 3.07. The standard InChI is InChI=1S/C19H18N2O2S/c22-19(23-15-8-2-1-3-9-15)21-12-6-7-14(13-21)18-20-16-10-4-5-11-17(16)24-18/h1-5,8-11,14H,6-7,12-13H2/t14-/m1/s1. The Balaban J connectivity index is 1.48. The molecule has 1 amide bonds. The van der Waals surface area contributed by atoms with Gasteiger partial charge >= 0.3 is 6.09 Å². The summed E-state index contributed by atoms with van der Waals surface area (Å²) in [4.78, 5) is 19.0. The molecule has 0 aliphatic carbocycles. The van der Waals surface area contributed by atoms with Gasteiger partial charge in [0.25, 0.3) is 0 Å². The molecule has 2 heterocycles. The Morgan fingerprint density at radius 1 is 1.12 bits per heavy atom. The molecular formula is C19H18N2O2S. The predicted octanol–water partition coefficient (Wildman–Crippen LogP) is 4.67. The number of likely N-dealkylation sites (tertiary alicyclic amines) is 1. The van der Waals surface area contributed by atoms with Gasteiger partial charge in [-0.05, 0) is 37.1 Å². The number of piperidine rings is 1. The van der Waals surface area contributed by atoms with Crippen molar-refractivity contribution < 1.29 is 9.53 Å². The second-order valence-electron chi connectivity index (χ2n) is 5.99. The quantitative estimate of drug-likeness (QED) is 0.681. The largest absolute Gasteiger partial charge is 0.415 e. The van der Waals surface area contributed by atoms with Crippen LogP contribution in [0.3, 0.4) is 0 Å². The van der Waals surface area contributed by atoms with Crippen LogP contribution in [0, 0.1) is 0 Å². The highest BCUT2D eigenvalue weighted by Gasteiger charge is 2.28. The summed E-state index contributed by atoms with van der Waals surface area (Å²) in [6.45, 7) is 1.42. The van der Waals surface area contributed by atoms with Crippen LogP contribution in [-0.4, -0.2) is 29.1 Å². The molecule has 4 rings (SSSR count). The van der Waals surface area contributed by atoms with E-state index >= 15 is 0 Å². The Labute approximate surface area is 144 Å². The lowest BCUT2D eigenvalue weighted by atomic mass is 9.99. The first-order valence-electron chi connectivity index (χ1n) is 8.17. The van der Waals surface area contributed by atoms with Crippen molar-refractivity contribution in [2.24, 2.45) is 0 Å². The normalized spacial score (nSPS) is 17.8. The fraction of sp³-hybridized carbons (Fsp3) is 0.263. The molecule has 2 aromatic carbocycles. The van der Waals surface area contributed by atoms with Crippen LogP contribution >= 0.6 is 11.3 Å². The summed E-state index contributed by atoms with van der Waals surface area (Å²) >= 11 is 1.73. The van der Waals surface area contributed by atoms with E-state index in [2.05, 4.69) is 6.07 Å². The number of carbonyl (C=O) groups is 1. The predicted molar refractivity (Wildman–Crippen MR) is 95.6 cm³/mol. The molecule has 0 radical (unpaired) electrons. The van der Waals surface area contributed by atoms with E-state index in [4.69, 9.17) is 9.72 Å². The van der Waals surface area contributed by atoms with Gasteiger partial charge in [-0.3, -0.25) is 0 Å². The molecule has 0 N–H and O–H groups in total. The number of hydrogen-bond donors (Lipinski definition) is 0. The van der Waals surface area contributed by atoms with E-state index in [1.165, 1.54) is 4.70 Å². The Morgan fingerprint density at radius 3 is 2.75 bits per heavy atom. The van der Waals surface area contributed by atoms with Gasteiger partial charge in [0.05, 0.1) is 15.2 Å². The maximum absolute atomic E-state index is 12.4. The highest BCUT2D eigenvalue weighted by Crippen LogP contribution is 2.33. The molecule has 0 spiro atoms. The molecule has 0 unspecified atom stereocenters. The van der Waals surface area contributed by atoms with Gasteiger partial charge in [-0.1, -0.05) is 30.3 Å². The van der Waals surface area contributed by atoms with E-state index in [-0.39, 0.29) is 6.09 Å². The topological polar surface area (TPSA) is 42.4 Å². The zero-order chi connectivity index (χ0) is 16.4. The Bertz CT molecular complexity index is 814. The molecule has 0 bridgehead atoms. The molecular weight excluding hydrogens is 320 g/mol. The Morgan fingerprint density at radius 2 is 1.92 bits per heavy atom. The fourth-order valence-electron chi connectivity index (χ4n) is 3.06. The third-order valence-corrected chi connectivity index (χ3v) is 5.49. The number of amides is 1. The Hall–Kier alpha value is -2.40. The lowest BCUT2D eigenvalue weighted by Gasteiger charge is -2.30. The summed E-state index contributed by atoms with van der Waals surface area (Å²) in [5.74, 6) is 0.879.